The van der Waals surface area contributed by atoms with Gasteiger partial charge in [-0.1, -0.05) is 60.7 Å². The normalized spacial score (nSPS) is 24.1. The van der Waals surface area contributed by atoms with E-state index in [0.717, 1.165) is 47.7 Å². The molecule has 188 valence electrons. The molecule has 2 atom stereocenters. The van der Waals surface area contributed by atoms with E-state index in [0.29, 0.717) is 23.1 Å². The van der Waals surface area contributed by atoms with Crippen molar-refractivity contribution in [3.8, 4) is 0 Å². The van der Waals surface area contributed by atoms with Gasteiger partial charge in [-0.3, -0.25) is 9.59 Å². The number of benzene rings is 3. The topological polar surface area (TPSA) is 73.5 Å². The zero-order valence-electron chi connectivity index (χ0n) is 21.0. The summed E-state index contributed by atoms with van der Waals surface area (Å²) in [7, 11) is 0. The number of anilines is 1. The Morgan fingerprint density at radius 3 is 2.32 bits per heavy atom. The third-order valence-corrected chi connectivity index (χ3v) is 7.97. The average molecular weight is 493 g/mol. The Balaban J connectivity index is 1.36. The van der Waals surface area contributed by atoms with Crippen molar-refractivity contribution in [1.82, 2.24) is 15.5 Å². The van der Waals surface area contributed by atoms with Gasteiger partial charge >= 0.3 is 0 Å². The molecule has 3 saturated heterocycles. The minimum Gasteiger partial charge on any atom is -0.380 e. The second-order valence-corrected chi connectivity index (χ2v) is 10.3. The first-order valence-corrected chi connectivity index (χ1v) is 13.2. The van der Waals surface area contributed by atoms with Crippen LogP contribution in [0.4, 0.5) is 5.69 Å². The van der Waals surface area contributed by atoms with E-state index >= 15 is 0 Å². The molecule has 0 aromatic heterocycles. The Bertz CT molecular complexity index is 1340. The Hall–Kier alpha value is -3.90. The highest BCUT2D eigenvalue weighted by Crippen LogP contribution is 2.38. The number of carbonyl (C=O) groups is 2. The molecule has 4 heterocycles. The minimum atomic E-state index is -0.163. The summed E-state index contributed by atoms with van der Waals surface area (Å²) in [5.41, 5.74) is 5.49. The third-order valence-electron chi connectivity index (χ3n) is 7.97. The molecule has 6 heteroatoms. The summed E-state index contributed by atoms with van der Waals surface area (Å²) in [4.78, 5) is 29.1. The van der Waals surface area contributed by atoms with Gasteiger partial charge in [0.05, 0.1) is 17.3 Å². The Kier molecular flexibility index (Phi) is 6.26. The van der Waals surface area contributed by atoms with Crippen molar-refractivity contribution in [2.24, 2.45) is 5.92 Å². The lowest BCUT2D eigenvalue weighted by Gasteiger charge is -2.45. The van der Waals surface area contributed by atoms with Crippen LogP contribution in [-0.4, -0.2) is 42.4 Å². The molecule has 0 aliphatic carbocycles. The van der Waals surface area contributed by atoms with Crippen molar-refractivity contribution in [2.45, 2.75) is 31.8 Å². The molecule has 3 fully saturated rings. The SMILES string of the molecule is C[C@@H](NC(=O)c1ccc2c(c1)/C(=C(/N[C@@H]1CN3CCC1CC3)c1ccccc1)C(=O)N2)c1ccccc1. The number of nitrogens with one attached hydrogen (secondary N) is 3. The first kappa shape index (κ1) is 23.5. The molecule has 3 N–H and O–H groups in total. The highest BCUT2D eigenvalue weighted by Gasteiger charge is 2.36. The van der Waals surface area contributed by atoms with Crippen LogP contribution in [0, 0.1) is 5.92 Å². The van der Waals surface area contributed by atoms with Crippen molar-refractivity contribution in [1.29, 1.82) is 0 Å². The van der Waals surface area contributed by atoms with Crippen molar-refractivity contribution in [3.63, 3.8) is 0 Å². The molecule has 0 saturated carbocycles. The molecule has 0 radical (unpaired) electrons. The van der Waals surface area contributed by atoms with E-state index in [-0.39, 0.29) is 17.9 Å². The summed E-state index contributed by atoms with van der Waals surface area (Å²) >= 11 is 0. The van der Waals surface area contributed by atoms with Crippen LogP contribution < -0.4 is 16.0 Å². The lowest BCUT2D eigenvalue weighted by Crippen LogP contribution is -2.55. The largest absolute Gasteiger partial charge is 0.380 e. The van der Waals surface area contributed by atoms with Crippen molar-refractivity contribution >= 4 is 28.8 Å². The number of fused-ring (bicyclic) bond motifs is 4. The average Bonchev–Trinajstić information content (AvgIpc) is 3.28. The molecule has 2 bridgehead atoms. The van der Waals surface area contributed by atoms with Crippen LogP contribution in [0.1, 0.15) is 52.9 Å². The predicted octanol–water partition coefficient (Wildman–Crippen LogP) is 4.68. The van der Waals surface area contributed by atoms with Crippen LogP contribution >= 0.6 is 0 Å². The highest BCUT2D eigenvalue weighted by atomic mass is 16.2. The van der Waals surface area contributed by atoms with Crippen LogP contribution in [0.25, 0.3) is 11.3 Å². The van der Waals surface area contributed by atoms with Gasteiger partial charge in [0, 0.05) is 29.4 Å². The van der Waals surface area contributed by atoms with Crippen LogP contribution in [0.2, 0.25) is 0 Å². The lowest BCUT2D eigenvalue weighted by molar-refractivity contribution is -0.110. The molecule has 6 nitrogen and oxygen atoms in total. The molecule has 2 amide bonds. The van der Waals surface area contributed by atoms with Gasteiger partial charge in [-0.2, -0.15) is 0 Å². The predicted molar refractivity (Wildman–Crippen MR) is 147 cm³/mol. The van der Waals surface area contributed by atoms with Crippen LogP contribution in [0.3, 0.4) is 0 Å². The molecular weight excluding hydrogens is 460 g/mol. The van der Waals surface area contributed by atoms with Gasteiger partial charge < -0.3 is 20.9 Å². The summed E-state index contributed by atoms with van der Waals surface area (Å²) in [6, 6.07) is 25.6. The van der Waals surface area contributed by atoms with E-state index in [1.54, 1.807) is 6.07 Å². The van der Waals surface area contributed by atoms with E-state index in [1.807, 2.05) is 79.7 Å². The fourth-order valence-electron chi connectivity index (χ4n) is 5.88. The smallest absolute Gasteiger partial charge is 0.258 e. The maximum atomic E-state index is 13.4. The fourth-order valence-corrected chi connectivity index (χ4v) is 5.88. The standard InChI is InChI=1S/C31H32N4O2/c1-20(21-8-4-2-5-9-21)32-30(36)24-12-13-26-25(18-24)28(31(37)34-26)29(23-10-6-3-7-11-23)33-27-19-35-16-14-22(27)15-17-35/h2-13,18,20,22,27,33H,14-17,19H2,1H3,(H,32,36)(H,34,37)/b29-28-/t20-,27-/m1/s1. The van der Waals surface area contributed by atoms with Crippen LogP contribution in [-0.2, 0) is 4.79 Å². The minimum absolute atomic E-state index is 0.130. The Morgan fingerprint density at radius 2 is 1.65 bits per heavy atom. The number of nitrogens with zero attached hydrogens (tertiary/aromatic N) is 1. The number of amides is 2. The summed E-state index contributed by atoms with van der Waals surface area (Å²) < 4.78 is 0. The highest BCUT2D eigenvalue weighted by molar-refractivity contribution is 6.36. The molecule has 4 aliphatic heterocycles. The van der Waals surface area contributed by atoms with Gasteiger partial charge in [0.15, 0.2) is 0 Å². The molecule has 7 rings (SSSR count). The zero-order chi connectivity index (χ0) is 25.4. The van der Waals surface area contributed by atoms with E-state index < -0.39 is 0 Å². The van der Waals surface area contributed by atoms with Crippen molar-refractivity contribution in [2.75, 3.05) is 25.0 Å². The molecule has 4 aliphatic rings. The molecule has 37 heavy (non-hydrogen) atoms. The molecule has 0 spiro atoms. The van der Waals surface area contributed by atoms with Gasteiger partial charge in [0.25, 0.3) is 11.8 Å². The molecule has 0 unspecified atom stereocenters. The zero-order valence-corrected chi connectivity index (χ0v) is 21.0. The summed E-state index contributed by atoms with van der Waals surface area (Å²) in [6.45, 7) is 5.28. The van der Waals surface area contributed by atoms with Gasteiger partial charge in [0.2, 0.25) is 0 Å². The number of carbonyl (C=O) groups excluding carboxylic acids is 2. The summed E-state index contributed by atoms with van der Waals surface area (Å²) in [5, 5.41) is 9.91. The summed E-state index contributed by atoms with van der Waals surface area (Å²) in [6.07, 6.45) is 2.36. The van der Waals surface area contributed by atoms with Crippen LogP contribution in [0.15, 0.2) is 78.9 Å². The van der Waals surface area contributed by atoms with E-state index in [9.17, 15) is 9.59 Å². The maximum absolute atomic E-state index is 13.4. The van der Waals surface area contributed by atoms with Crippen molar-refractivity contribution in [3.05, 3.63) is 101 Å². The number of piperidine rings is 3. The van der Waals surface area contributed by atoms with Crippen molar-refractivity contribution < 1.29 is 9.59 Å². The van der Waals surface area contributed by atoms with E-state index in [4.69, 9.17) is 0 Å². The second kappa shape index (κ2) is 9.87. The second-order valence-electron chi connectivity index (χ2n) is 10.3. The maximum Gasteiger partial charge on any atom is 0.258 e. The van der Waals surface area contributed by atoms with E-state index in [2.05, 4.69) is 20.9 Å². The molecular formula is C31H32N4O2. The first-order valence-electron chi connectivity index (χ1n) is 13.2. The molecule has 3 aromatic rings. The molecule has 3 aromatic carbocycles. The third kappa shape index (κ3) is 4.65. The van der Waals surface area contributed by atoms with Gasteiger partial charge in [-0.25, -0.2) is 0 Å². The monoisotopic (exact) mass is 492 g/mol. The quantitative estimate of drug-likeness (QED) is 0.437. The first-order chi connectivity index (χ1) is 18.1. The Labute approximate surface area is 217 Å². The van der Waals surface area contributed by atoms with E-state index in [1.165, 1.54) is 12.8 Å². The van der Waals surface area contributed by atoms with Crippen LogP contribution in [0.5, 0.6) is 0 Å². The lowest BCUT2D eigenvalue weighted by atomic mass is 9.83. The van der Waals surface area contributed by atoms with Gasteiger partial charge in [-0.15, -0.1) is 0 Å². The van der Waals surface area contributed by atoms with Gasteiger partial charge in [-0.05, 0) is 68.1 Å². The number of hydrogen-bond donors (Lipinski definition) is 3. The number of rotatable bonds is 6. The number of hydrogen-bond acceptors (Lipinski definition) is 4. The van der Waals surface area contributed by atoms with Gasteiger partial charge in [0.1, 0.15) is 0 Å². The fraction of sp³-hybridized carbons (Fsp3) is 0.290. The Morgan fingerprint density at radius 1 is 0.946 bits per heavy atom. The summed E-state index contributed by atoms with van der Waals surface area (Å²) in [5.74, 6) is 0.298.